The average Bonchev–Trinajstić information content (AvgIpc) is 2.66. The highest BCUT2D eigenvalue weighted by Crippen LogP contribution is 2.28. The smallest absolute Gasteiger partial charge is 0.240 e. The minimum absolute atomic E-state index is 0.0479. The van der Waals surface area contributed by atoms with Gasteiger partial charge in [-0.3, -0.25) is 9.89 Å². The number of carbonyl (C=O) groups is 1. The van der Waals surface area contributed by atoms with Crippen LogP contribution in [0.25, 0.3) is 0 Å². The molecule has 2 rings (SSSR count). The van der Waals surface area contributed by atoms with E-state index < -0.39 is 5.54 Å². The van der Waals surface area contributed by atoms with Gasteiger partial charge in [-0.05, 0) is 19.3 Å². The van der Waals surface area contributed by atoms with Gasteiger partial charge in [-0.2, -0.15) is 5.10 Å². The Morgan fingerprint density at radius 2 is 2.47 bits per heavy atom. The van der Waals surface area contributed by atoms with Crippen LogP contribution in [0.15, 0.2) is 6.33 Å². The molecule has 1 aliphatic carbocycles. The van der Waals surface area contributed by atoms with E-state index in [1.807, 2.05) is 0 Å². The Morgan fingerprint density at radius 1 is 1.67 bits per heavy atom. The number of rotatable bonds is 4. The maximum Gasteiger partial charge on any atom is 0.240 e. The minimum Gasteiger partial charge on any atom is -0.354 e. The lowest BCUT2D eigenvalue weighted by atomic mass is 9.77. The van der Waals surface area contributed by atoms with Gasteiger partial charge in [0.05, 0.1) is 5.54 Å². The summed E-state index contributed by atoms with van der Waals surface area (Å²) in [5.41, 5.74) is 5.25. The first kappa shape index (κ1) is 10.1. The Hall–Kier alpha value is -1.43. The Kier molecular flexibility index (Phi) is 2.68. The highest BCUT2D eigenvalue weighted by atomic mass is 16.2. The van der Waals surface area contributed by atoms with Gasteiger partial charge in [-0.15, -0.1) is 0 Å². The first-order chi connectivity index (χ1) is 7.21. The Labute approximate surface area is 87.6 Å². The molecule has 4 N–H and O–H groups in total. The third-order valence-corrected chi connectivity index (χ3v) is 2.81. The van der Waals surface area contributed by atoms with Crippen molar-refractivity contribution < 1.29 is 4.79 Å². The molecule has 1 saturated carbocycles. The summed E-state index contributed by atoms with van der Waals surface area (Å²) in [6.07, 6.45) is 4.74. The fourth-order valence-corrected chi connectivity index (χ4v) is 1.61. The van der Waals surface area contributed by atoms with Crippen molar-refractivity contribution in [2.75, 3.05) is 6.54 Å². The predicted molar refractivity (Wildman–Crippen MR) is 53.9 cm³/mol. The van der Waals surface area contributed by atoms with E-state index in [0.717, 1.165) is 25.1 Å². The lowest BCUT2D eigenvalue weighted by Crippen LogP contribution is -2.58. The number of nitrogens with one attached hydrogen (secondary N) is 2. The number of H-pyrrole nitrogens is 1. The Bertz CT molecular complexity index is 330. The molecular formula is C9H15N5O. The van der Waals surface area contributed by atoms with Crippen molar-refractivity contribution >= 4 is 5.91 Å². The number of nitrogens with two attached hydrogens (primary N) is 1. The molecule has 0 aromatic carbocycles. The zero-order chi connectivity index (χ0) is 10.7. The Morgan fingerprint density at radius 3 is 3.00 bits per heavy atom. The molecule has 6 nitrogen and oxygen atoms in total. The highest BCUT2D eigenvalue weighted by Gasteiger charge is 2.39. The molecule has 1 fully saturated rings. The van der Waals surface area contributed by atoms with E-state index in [9.17, 15) is 4.79 Å². The molecule has 1 aromatic rings. The predicted octanol–water partition coefficient (Wildman–Crippen LogP) is -0.655. The van der Waals surface area contributed by atoms with Crippen LogP contribution in [0, 0.1) is 0 Å². The molecule has 0 aliphatic heterocycles. The third-order valence-electron chi connectivity index (χ3n) is 2.81. The fraction of sp³-hybridized carbons (Fsp3) is 0.667. The van der Waals surface area contributed by atoms with Crippen molar-refractivity contribution in [1.29, 1.82) is 0 Å². The third kappa shape index (κ3) is 2.15. The van der Waals surface area contributed by atoms with E-state index in [4.69, 9.17) is 5.73 Å². The number of hydrogen-bond acceptors (Lipinski definition) is 4. The molecule has 1 aromatic heterocycles. The molecule has 0 bridgehead atoms. The van der Waals surface area contributed by atoms with Gasteiger partial charge in [-0.25, -0.2) is 4.98 Å². The summed E-state index contributed by atoms with van der Waals surface area (Å²) in [6, 6.07) is 0. The second-order valence-electron chi connectivity index (χ2n) is 3.95. The van der Waals surface area contributed by atoms with Crippen LogP contribution in [0.3, 0.4) is 0 Å². The molecule has 15 heavy (non-hydrogen) atoms. The molecule has 0 radical (unpaired) electrons. The maximum absolute atomic E-state index is 11.6. The van der Waals surface area contributed by atoms with Crippen LogP contribution in [0.1, 0.15) is 25.1 Å². The largest absolute Gasteiger partial charge is 0.354 e. The summed E-state index contributed by atoms with van der Waals surface area (Å²) in [6.45, 7) is 0.549. The van der Waals surface area contributed by atoms with Crippen molar-refractivity contribution in [2.24, 2.45) is 5.73 Å². The summed E-state index contributed by atoms with van der Waals surface area (Å²) in [5, 5.41) is 9.27. The van der Waals surface area contributed by atoms with Gasteiger partial charge >= 0.3 is 0 Å². The van der Waals surface area contributed by atoms with Gasteiger partial charge in [0.25, 0.3) is 0 Å². The molecule has 1 amide bonds. The molecule has 6 heteroatoms. The number of aromatic nitrogens is 3. The minimum atomic E-state index is -0.610. The Balaban J connectivity index is 1.72. The van der Waals surface area contributed by atoms with Crippen molar-refractivity contribution in [3.63, 3.8) is 0 Å². The molecule has 0 spiro atoms. The SMILES string of the molecule is NC1(C(=O)NCCc2ncn[nH]2)CCC1. The molecule has 1 aliphatic rings. The molecule has 0 saturated heterocycles. The van der Waals surface area contributed by atoms with Gasteiger partial charge < -0.3 is 11.1 Å². The lowest BCUT2D eigenvalue weighted by Gasteiger charge is -2.36. The van der Waals surface area contributed by atoms with E-state index >= 15 is 0 Å². The first-order valence-electron chi connectivity index (χ1n) is 5.12. The quantitative estimate of drug-likeness (QED) is 0.613. The number of hydrogen-bond donors (Lipinski definition) is 3. The van der Waals surface area contributed by atoms with E-state index in [2.05, 4.69) is 20.5 Å². The van der Waals surface area contributed by atoms with Crippen molar-refractivity contribution in [2.45, 2.75) is 31.2 Å². The van der Waals surface area contributed by atoms with Crippen LogP contribution >= 0.6 is 0 Å². The summed E-state index contributed by atoms with van der Waals surface area (Å²) >= 11 is 0. The van der Waals surface area contributed by atoms with E-state index in [1.165, 1.54) is 6.33 Å². The summed E-state index contributed by atoms with van der Waals surface area (Å²) in [5.74, 6) is 0.725. The van der Waals surface area contributed by atoms with E-state index in [-0.39, 0.29) is 5.91 Å². The van der Waals surface area contributed by atoms with Gasteiger partial charge in [0.2, 0.25) is 5.91 Å². The van der Waals surface area contributed by atoms with E-state index in [1.54, 1.807) is 0 Å². The topological polar surface area (TPSA) is 96.7 Å². The standard InChI is InChI=1S/C9H15N5O/c10-9(3-1-4-9)8(15)11-5-2-7-12-6-13-14-7/h6H,1-5,10H2,(H,11,15)(H,12,13,14). The van der Waals surface area contributed by atoms with Gasteiger partial charge in [0, 0.05) is 13.0 Å². The monoisotopic (exact) mass is 209 g/mol. The second-order valence-corrected chi connectivity index (χ2v) is 3.95. The normalized spacial score (nSPS) is 18.2. The summed E-state index contributed by atoms with van der Waals surface area (Å²) in [7, 11) is 0. The van der Waals surface area contributed by atoms with Crippen LogP contribution in [0.4, 0.5) is 0 Å². The second kappa shape index (κ2) is 3.98. The number of nitrogens with zero attached hydrogens (tertiary/aromatic N) is 2. The van der Waals surface area contributed by atoms with Crippen LogP contribution in [0.2, 0.25) is 0 Å². The molecule has 0 atom stereocenters. The summed E-state index contributed by atoms with van der Waals surface area (Å²) in [4.78, 5) is 15.6. The maximum atomic E-state index is 11.6. The van der Waals surface area contributed by atoms with Gasteiger partial charge in [0.15, 0.2) is 0 Å². The van der Waals surface area contributed by atoms with Crippen LogP contribution in [0.5, 0.6) is 0 Å². The van der Waals surface area contributed by atoms with Crippen molar-refractivity contribution in [3.8, 4) is 0 Å². The molecular weight excluding hydrogens is 194 g/mol. The molecule has 1 heterocycles. The van der Waals surface area contributed by atoms with Crippen LogP contribution in [-0.2, 0) is 11.2 Å². The zero-order valence-electron chi connectivity index (χ0n) is 8.49. The van der Waals surface area contributed by atoms with Crippen molar-refractivity contribution in [1.82, 2.24) is 20.5 Å². The van der Waals surface area contributed by atoms with Gasteiger partial charge in [0.1, 0.15) is 12.2 Å². The average molecular weight is 209 g/mol. The number of aromatic amines is 1. The molecule has 82 valence electrons. The highest BCUT2D eigenvalue weighted by molar-refractivity contribution is 5.86. The molecule has 0 unspecified atom stereocenters. The van der Waals surface area contributed by atoms with Gasteiger partial charge in [-0.1, -0.05) is 0 Å². The summed E-state index contributed by atoms with van der Waals surface area (Å²) < 4.78 is 0. The van der Waals surface area contributed by atoms with E-state index in [0.29, 0.717) is 13.0 Å². The van der Waals surface area contributed by atoms with Crippen LogP contribution < -0.4 is 11.1 Å². The lowest BCUT2D eigenvalue weighted by molar-refractivity contribution is -0.129. The zero-order valence-corrected chi connectivity index (χ0v) is 8.49. The number of amides is 1. The fourth-order valence-electron chi connectivity index (χ4n) is 1.61. The number of carbonyl (C=O) groups excluding carboxylic acids is 1. The van der Waals surface area contributed by atoms with Crippen LogP contribution in [-0.4, -0.2) is 33.2 Å². The van der Waals surface area contributed by atoms with Crippen molar-refractivity contribution in [3.05, 3.63) is 12.2 Å². The first-order valence-corrected chi connectivity index (χ1v) is 5.12.